The van der Waals surface area contributed by atoms with Gasteiger partial charge in [0, 0.05) is 5.75 Å². The van der Waals surface area contributed by atoms with E-state index in [0.717, 1.165) is 11.0 Å². The summed E-state index contributed by atoms with van der Waals surface area (Å²) < 4.78 is 25.6. The normalized spacial score (nSPS) is 13.8. The zero-order valence-corrected chi connectivity index (χ0v) is 20.5. The number of nitrogens with zero attached hydrogens (tertiary/aromatic N) is 3. The van der Waals surface area contributed by atoms with Gasteiger partial charge in [-0.2, -0.15) is 11.8 Å². The van der Waals surface area contributed by atoms with Gasteiger partial charge in [-0.25, -0.2) is 9.37 Å². The summed E-state index contributed by atoms with van der Waals surface area (Å²) in [6.07, 6.45) is 1.83. The number of halogens is 1. The van der Waals surface area contributed by atoms with Crippen LogP contribution in [0.1, 0.15) is 39.4 Å². The smallest absolute Gasteiger partial charge is 0.265 e. The molecule has 1 aromatic carbocycles. The fourth-order valence-corrected chi connectivity index (χ4v) is 4.31. The molecular weight excluding hydrogens is 463 g/mol. The van der Waals surface area contributed by atoms with Crippen molar-refractivity contribution in [1.82, 2.24) is 14.8 Å². The van der Waals surface area contributed by atoms with Gasteiger partial charge in [-0.3, -0.25) is 19.3 Å². The number of methoxy groups -OCH3 is 1. The fraction of sp³-hybridized carbons (Fsp3) is 0.391. The van der Waals surface area contributed by atoms with Crippen LogP contribution in [0.4, 0.5) is 10.1 Å². The van der Waals surface area contributed by atoms with Crippen LogP contribution in [0, 0.1) is 5.82 Å². The van der Waals surface area contributed by atoms with Gasteiger partial charge in [-0.05, 0) is 51.5 Å². The van der Waals surface area contributed by atoms with E-state index in [4.69, 9.17) is 9.47 Å². The number of fused-ring (bicyclic) bond motifs is 1. The molecule has 0 saturated heterocycles. The molecule has 182 valence electrons. The molecule has 9 nitrogen and oxygen atoms in total. The number of hydrogen-bond donors (Lipinski definition) is 1. The van der Waals surface area contributed by atoms with E-state index in [2.05, 4.69) is 10.3 Å². The van der Waals surface area contributed by atoms with Gasteiger partial charge in [-0.1, -0.05) is 0 Å². The lowest BCUT2D eigenvalue weighted by Crippen LogP contribution is -2.36. The number of rotatable bonds is 10. The van der Waals surface area contributed by atoms with Gasteiger partial charge in [0.15, 0.2) is 5.75 Å². The van der Waals surface area contributed by atoms with Crippen LogP contribution in [0.2, 0.25) is 0 Å². The van der Waals surface area contributed by atoms with E-state index in [-0.39, 0.29) is 29.2 Å². The molecule has 1 aromatic heterocycles. The lowest BCUT2D eigenvalue weighted by atomic mass is 10.1. The molecule has 0 aliphatic carbocycles. The van der Waals surface area contributed by atoms with E-state index in [1.165, 1.54) is 24.9 Å². The quantitative estimate of drug-likeness (QED) is 0.508. The highest BCUT2D eigenvalue weighted by atomic mass is 32.2. The number of pyridine rings is 1. The van der Waals surface area contributed by atoms with Gasteiger partial charge in [0.25, 0.3) is 17.7 Å². The number of imide groups is 1. The van der Waals surface area contributed by atoms with Crippen molar-refractivity contribution in [3.63, 3.8) is 0 Å². The molecule has 1 atom stereocenters. The average Bonchev–Trinajstić information content (AvgIpc) is 3.05. The first-order chi connectivity index (χ1) is 16.2. The van der Waals surface area contributed by atoms with E-state index in [0.29, 0.717) is 23.8 Å². The maximum atomic E-state index is 14.8. The highest BCUT2D eigenvalue weighted by Gasteiger charge is 2.44. The Hall–Kier alpha value is -3.18. The van der Waals surface area contributed by atoms with Crippen molar-refractivity contribution in [3.8, 4) is 11.6 Å². The molecule has 1 aliphatic rings. The summed E-state index contributed by atoms with van der Waals surface area (Å²) in [5.74, 6) is -1.75. The summed E-state index contributed by atoms with van der Waals surface area (Å²) >= 11 is 1.40. The Bertz CT molecular complexity index is 1110. The minimum atomic E-state index is -0.831. The van der Waals surface area contributed by atoms with Crippen LogP contribution in [-0.4, -0.2) is 78.9 Å². The molecule has 2 heterocycles. The molecule has 11 heteroatoms. The summed E-state index contributed by atoms with van der Waals surface area (Å²) in [5, 5.41) is 2.62. The average molecular weight is 491 g/mol. The molecule has 2 aromatic rings. The second-order valence-electron chi connectivity index (χ2n) is 7.76. The zero-order valence-electron chi connectivity index (χ0n) is 19.7. The Morgan fingerprint density at radius 1 is 1.21 bits per heavy atom. The first-order valence-corrected chi connectivity index (χ1v) is 11.9. The Balaban J connectivity index is 2.05. The molecule has 34 heavy (non-hydrogen) atoms. The number of nitrogens with one attached hydrogen (secondary N) is 1. The number of aromatic nitrogens is 1. The summed E-state index contributed by atoms with van der Waals surface area (Å²) in [4.78, 5) is 46.2. The Morgan fingerprint density at radius 3 is 2.53 bits per heavy atom. The van der Waals surface area contributed by atoms with Crippen LogP contribution in [0.15, 0.2) is 24.3 Å². The number of benzene rings is 1. The number of amides is 3. The number of carbonyl (C=O) groups is 3. The van der Waals surface area contributed by atoms with Crippen LogP contribution in [0.25, 0.3) is 0 Å². The zero-order chi connectivity index (χ0) is 25.0. The number of likely N-dealkylation sites (N-methyl/N-ethyl adjacent to an activating group) is 1. The van der Waals surface area contributed by atoms with Crippen molar-refractivity contribution in [2.45, 2.75) is 13.0 Å². The first-order valence-electron chi connectivity index (χ1n) is 10.5. The molecule has 0 fully saturated rings. The molecule has 0 bridgehead atoms. The third kappa shape index (κ3) is 5.00. The highest BCUT2D eigenvalue weighted by Crippen LogP contribution is 2.38. The van der Waals surface area contributed by atoms with Crippen LogP contribution in [0.5, 0.6) is 11.6 Å². The first kappa shape index (κ1) is 25.4. The van der Waals surface area contributed by atoms with Crippen molar-refractivity contribution >= 4 is 35.2 Å². The number of thioether (sulfide) groups is 1. The van der Waals surface area contributed by atoms with Gasteiger partial charge in [-0.15, -0.1) is 0 Å². The molecule has 1 aliphatic heterocycles. The molecule has 0 radical (unpaired) electrons. The minimum absolute atomic E-state index is 0.0586. The third-order valence-electron chi connectivity index (χ3n) is 5.08. The maximum absolute atomic E-state index is 14.8. The van der Waals surface area contributed by atoms with Gasteiger partial charge in [0.1, 0.15) is 5.82 Å². The second kappa shape index (κ2) is 10.8. The largest absolute Gasteiger partial charge is 0.491 e. The summed E-state index contributed by atoms with van der Waals surface area (Å²) in [5.41, 5.74) is -0.0459. The standard InChI is InChI=1S/C23H27FN4O5S/c1-6-33-21-17(32-4)10-9-14(26-21)16(12-34-5)28-22(30)19-13(24)7-8-15(20(19)23(28)31)25-18(29)11-27(2)3/h7-10,16H,6,11-12H2,1-5H3,(H,25,29). The fourth-order valence-electron chi connectivity index (χ4n) is 3.68. The van der Waals surface area contributed by atoms with E-state index in [1.807, 2.05) is 6.26 Å². The van der Waals surface area contributed by atoms with Crippen LogP contribution in [0.3, 0.4) is 0 Å². The lowest BCUT2D eigenvalue weighted by molar-refractivity contribution is -0.116. The van der Waals surface area contributed by atoms with Gasteiger partial charge in [0.05, 0.1) is 48.8 Å². The van der Waals surface area contributed by atoms with Gasteiger partial charge < -0.3 is 19.7 Å². The van der Waals surface area contributed by atoms with Crippen LogP contribution >= 0.6 is 11.8 Å². The highest BCUT2D eigenvalue weighted by molar-refractivity contribution is 7.98. The SMILES string of the molecule is CCOc1nc(C(CSC)N2C(=O)c3c(F)ccc(NC(=O)CN(C)C)c3C2=O)ccc1OC. The molecular formula is C23H27FN4O5S. The third-order valence-corrected chi connectivity index (χ3v) is 5.73. The summed E-state index contributed by atoms with van der Waals surface area (Å²) in [7, 11) is 4.92. The van der Waals surface area contributed by atoms with Crippen molar-refractivity contribution in [3.05, 3.63) is 46.9 Å². The molecule has 0 saturated carbocycles. The minimum Gasteiger partial charge on any atom is -0.491 e. The number of anilines is 1. The molecule has 3 rings (SSSR count). The van der Waals surface area contributed by atoms with Crippen molar-refractivity contribution in [1.29, 1.82) is 0 Å². The van der Waals surface area contributed by atoms with Crippen molar-refractivity contribution < 1.29 is 28.2 Å². The number of hydrogen-bond acceptors (Lipinski definition) is 8. The van der Waals surface area contributed by atoms with Crippen molar-refractivity contribution in [2.24, 2.45) is 0 Å². The Kier molecular flexibility index (Phi) is 8.11. The van der Waals surface area contributed by atoms with E-state index in [9.17, 15) is 18.8 Å². The Morgan fingerprint density at radius 2 is 1.91 bits per heavy atom. The molecule has 3 amide bonds. The number of carbonyl (C=O) groups excluding carboxylic acids is 3. The summed E-state index contributed by atoms with van der Waals surface area (Å²) in [6, 6.07) is 4.85. The van der Waals surface area contributed by atoms with Crippen LogP contribution in [-0.2, 0) is 4.79 Å². The lowest BCUT2D eigenvalue weighted by Gasteiger charge is -2.26. The predicted octanol–water partition coefficient (Wildman–Crippen LogP) is 2.83. The predicted molar refractivity (Wildman–Crippen MR) is 127 cm³/mol. The Labute approximate surface area is 201 Å². The summed E-state index contributed by atoms with van der Waals surface area (Å²) in [6.45, 7) is 2.20. The van der Waals surface area contributed by atoms with Crippen LogP contribution < -0.4 is 14.8 Å². The van der Waals surface area contributed by atoms with E-state index < -0.39 is 29.6 Å². The van der Waals surface area contributed by atoms with E-state index >= 15 is 0 Å². The van der Waals surface area contributed by atoms with Gasteiger partial charge >= 0.3 is 0 Å². The number of ether oxygens (including phenoxy) is 2. The monoisotopic (exact) mass is 490 g/mol. The molecule has 1 unspecified atom stereocenters. The van der Waals surface area contributed by atoms with Gasteiger partial charge in [0.2, 0.25) is 5.91 Å². The van der Waals surface area contributed by atoms with E-state index in [1.54, 1.807) is 38.1 Å². The molecule has 1 N–H and O–H groups in total. The topological polar surface area (TPSA) is 101 Å². The maximum Gasteiger partial charge on any atom is 0.265 e. The molecule has 0 spiro atoms. The second-order valence-corrected chi connectivity index (χ2v) is 8.67. The van der Waals surface area contributed by atoms with Crippen molar-refractivity contribution in [2.75, 3.05) is 51.7 Å².